The fraction of sp³-hybridized carbons (Fsp3) is 1.00. The number of hydrogen-bond acceptors (Lipinski definition) is 3. The van der Waals surface area contributed by atoms with Crippen molar-refractivity contribution in [3.8, 4) is 0 Å². The predicted molar refractivity (Wildman–Crippen MR) is 146 cm³/mol. The van der Waals surface area contributed by atoms with Gasteiger partial charge in [-0.15, -0.1) is 0 Å². The van der Waals surface area contributed by atoms with E-state index in [1.165, 1.54) is 103 Å². The molecular weight excluding hydrogens is 432 g/mol. The fourth-order valence-electron chi connectivity index (χ4n) is 7.84. The summed E-state index contributed by atoms with van der Waals surface area (Å²) in [5, 5.41) is 0. The standard InChI is InChI=1S/C32H58O3/c1-25(2)11-7-5-9-13-27-15-17-31(19-21-33-29(31)23-27)35-32-18-16-28(24-30(32)34-22-20-32)14-10-6-8-12-26(3)4/h25-30H,5-24H2,1-4H3. The van der Waals surface area contributed by atoms with Crippen molar-refractivity contribution in [1.82, 2.24) is 0 Å². The minimum atomic E-state index is -0.0240. The molecule has 0 amide bonds. The summed E-state index contributed by atoms with van der Waals surface area (Å²) in [6.07, 6.45) is 24.4. The SMILES string of the molecule is CC(C)CCCCCC1CCC2(OC34CCOC3CC(CCCCCC(C)C)CC4)CCOC2C1. The molecular formula is C32H58O3. The first kappa shape index (κ1) is 27.9. The van der Waals surface area contributed by atoms with Crippen LogP contribution >= 0.6 is 0 Å². The van der Waals surface area contributed by atoms with Crippen LogP contribution in [0.4, 0.5) is 0 Å². The molecule has 0 N–H and O–H groups in total. The van der Waals surface area contributed by atoms with Crippen LogP contribution < -0.4 is 0 Å². The van der Waals surface area contributed by atoms with E-state index >= 15 is 0 Å². The van der Waals surface area contributed by atoms with E-state index in [2.05, 4.69) is 27.7 Å². The molecule has 35 heavy (non-hydrogen) atoms. The molecule has 2 heterocycles. The Bertz CT molecular complexity index is 566. The summed E-state index contributed by atoms with van der Waals surface area (Å²) in [5.74, 6) is 3.38. The van der Waals surface area contributed by atoms with E-state index < -0.39 is 0 Å². The lowest BCUT2D eigenvalue weighted by Gasteiger charge is -2.50. The van der Waals surface area contributed by atoms with Gasteiger partial charge in [0, 0.05) is 26.1 Å². The van der Waals surface area contributed by atoms with Crippen LogP contribution in [0.2, 0.25) is 0 Å². The van der Waals surface area contributed by atoms with Gasteiger partial charge in [-0.3, -0.25) is 0 Å². The lowest BCUT2D eigenvalue weighted by molar-refractivity contribution is -0.226. The van der Waals surface area contributed by atoms with Crippen molar-refractivity contribution in [2.45, 2.75) is 167 Å². The predicted octanol–water partition coefficient (Wildman–Crippen LogP) is 8.87. The average Bonchev–Trinajstić information content (AvgIpc) is 3.41. The number of rotatable bonds is 14. The molecule has 2 aliphatic carbocycles. The molecule has 2 aliphatic heterocycles. The molecule has 3 nitrogen and oxygen atoms in total. The highest BCUT2D eigenvalue weighted by Gasteiger charge is 2.57. The highest BCUT2D eigenvalue weighted by Crippen LogP contribution is 2.52. The summed E-state index contributed by atoms with van der Waals surface area (Å²) in [7, 11) is 0. The zero-order valence-corrected chi connectivity index (χ0v) is 23.8. The van der Waals surface area contributed by atoms with Crippen LogP contribution in [0, 0.1) is 23.7 Å². The smallest absolute Gasteiger partial charge is 0.0973 e. The summed E-state index contributed by atoms with van der Waals surface area (Å²) >= 11 is 0. The second-order valence-electron chi connectivity index (χ2n) is 13.8. The highest BCUT2D eigenvalue weighted by atomic mass is 16.6. The Balaban J connectivity index is 1.24. The molecule has 204 valence electrons. The van der Waals surface area contributed by atoms with E-state index in [1.807, 2.05) is 0 Å². The van der Waals surface area contributed by atoms with Gasteiger partial charge in [0.15, 0.2) is 0 Å². The van der Waals surface area contributed by atoms with Crippen LogP contribution in [0.5, 0.6) is 0 Å². The van der Waals surface area contributed by atoms with Gasteiger partial charge >= 0.3 is 0 Å². The van der Waals surface area contributed by atoms with Crippen molar-refractivity contribution in [3.05, 3.63) is 0 Å². The molecule has 0 aromatic rings. The quantitative estimate of drug-likeness (QED) is 0.228. The molecule has 0 radical (unpaired) electrons. The first-order valence-corrected chi connectivity index (χ1v) is 15.8. The summed E-state index contributed by atoms with van der Waals surface area (Å²) in [4.78, 5) is 0. The lowest BCUT2D eigenvalue weighted by atomic mass is 9.71. The Hall–Kier alpha value is -0.120. The third-order valence-corrected chi connectivity index (χ3v) is 10.1. The van der Waals surface area contributed by atoms with Crippen LogP contribution in [0.15, 0.2) is 0 Å². The molecule has 2 saturated carbocycles. The van der Waals surface area contributed by atoms with E-state index in [4.69, 9.17) is 14.2 Å². The van der Waals surface area contributed by atoms with Crippen molar-refractivity contribution in [2.75, 3.05) is 13.2 Å². The Kier molecular flexibility index (Phi) is 10.4. The Morgan fingerprint density at radius 2 is 1.09 bits per heavy atom. The van der Waals surface area contributed by atoms with Crippen molar-refractivity contribution in [3.63, 3.8) is 0 Å². The number of ether oxygens (including phenoxy) is 3. The van der Waals surface area contributed by atoms with E-state index in [1.54, 1.807) is 0 Å². The molecule has 0 aromatic carbocycles. The summed E-state index contributed by atoms with van der Waals surface area (Å²) in [6.45, 7) is 11.2. The first-order valence-electron chi connectivity index (χ1n) is 15.8. The van der Waals surface area contributed by atoms with E-state index in [9.17, 15) is 0 Å². The van der Waals surface area contributed by atoms with Gasteiger partial charge in [0.25, 0.3) is 0 Å². The van der Waals surface area contributed by atoms with Crippen LogP contribution in [0.25, 0.3) is 0 Å². The van der Waals surface area contributed by atoms with Crippen LogP contribution in [-0.2, 0) is 14.2 Å². The van der Waals surface area contributed by atoms with Crippen molar-refractivity contribution >= 4 is 0 Å². The molecule has 6 unspecified atom stereocenters. The van der Waals surface area contributed by atoms with Crippen LogP contribution in [-0.4, -0.2) is 36.6 Å². The van der Waals surface area contributed by atoms with Gasteiger partial charge in [0.2, 0.25) is 0 Å². The first-order chi connectivity index (χ1) is 16.9. The summed E-state index contributed by atoms with van der Waals surface area (Å²) in [5.41, 5.74) is -0.0481. The Morgan fingerprint density at radius 1 is 0.629 bits per heavy atom. The topological polar surface area (TPSA) is 27.7 Å². The van der Waals surface area contributed by atoms with Crippen molar-refractivity contribution in [1.29, 1.82) is 0 Å². The number of unbranched alkanes of at least 4 members (excludes halogenated alkanes) is 4. The number of fused-ring (bicyclic) bond motifs is 2. The molecule has 4 rings (SSSR count). The van der Waals surface area contributed by atoms with E-state index in [-0.39, 0.29) is 11.2 Å². The molecule has 0 bridgehead atoms. The Labute approximate surface area is 217 Å². The third kappa shape index (κ3) is 7.47. The molecule has 0 aromatic heterocycles. The van der Waals surface area contributed by atoms with E-state index in [0.717, 1.165) is 49.7 Å². The third-order valence-electron chi connectivity index (χ3n) is 10.1. The second-order valence-corrected chi connectivity index (χ2v) is 13.8. The normalized spacial score (nSPS) is 37.2. The highest BCUT2D eigenvalue weighted by molar-refractivity contribution is 5.06. The lowest BCUT2D eigenvalue weighted by Crippen LogP contribution is -2.56. The summed E-state index contributed by atoms with van der Waals surface area (Å²) < 4.78 is 20.1. The van der Waals surface area contributed by atoms with Crippen LogP contribution in [0.3, 0.4) is 0 Å². The minimum Gasteiger partial charge on any atom is -0.375 e. The molecule has 2 saturated heterocycles. The van der Waals surface area contributed by atoms with Gasteiger partial charge in [0.05, 0.1) is 23.4 Å². The molecule has 0 spiro atoms. The zero-order chi connectivity index (χ0) is 24.7. The number of hydrogen-bond donors (Lipinski definition) is 0. The Morgan fingerprint density at radius 3 is 1.51 bits per heavy atom. The van der Waals surface area contributed by atoms with Gasteiger partial charge in [-0.2, -0.15) is 0 Å². The van der Waals surface area contributed by atoms with Crippen LogP contribution in [0.1, 0.15) is 143 Å². The van der Waals surface area contributed by atoms with Gasteiger partial charge in [-0.05, 0) is 62.2 Å². The fourth-order valence-corrected chi connectivity index (χ4v) is 7.84. The largest absolute Gasteiger partial charge is 0.375 e. The minimum absolute atomic E-state index is 0.0240. The zero-order valence-electron chi connectivity index (χ0n) is 23.8. The maximum absolute atomic E-state index is 7.34. The molecule has 4 aliphatic rings. The van der Waals surface area contributed by atoms with Gasteiger partial charge in [-0.1, -0.05) is 91.9 Å². The van der Waals surface area contributed by atoms with E-state index in [0.29, 0.717) is 12.2 Å². The van der Waals surface area contributed by atoms with Crippen molar-refractivity contribution < 1.29 is 14.2 Å². The monoisotopic (exact) mass is 490 g/mol. The molecule has 6 atom stereocenters. The van der Waals surface area contributed by atoms with Gasteiger partial charge in [-0.25, -0.2) is 0 Å². The summed E-state index contributed by atoms with van der Waals surface area (Å²) in [6, 6.07) is 0. The maximum Gasteiger partial charge on any atom is 0.0973 e. The average molecular weight is 491 g/mol. The second kappa shape index (κ2) is 13.1. The molecule has 4 fully saturated rings. The van der Waals surface area contributed by atoms with Gasteiger partial charge in [0.1, 0.15) is 0 Å². The van der Waals surface area contributed by atoms with Gasteiger partial charge < -0.3 is 14.2 Å². The van der Waals surface area contributed by atoms with Crippen molar-refractivity contribution in [2.24, 2.45) is 23.7 Å². The molecule has 3 heteroatoms. The maximum atomic E-state index is 7.34.